The van der Waals surface area contributed by atoms with Crippen LogP contribution < -0.4 is 5.32 Å². The van der Waals surface area contributed by atoms with Gasteiger partial charge in [0.05, 0.1) is 12.6 Å². The lowest BCUT2D eigenvalue weighted by atomic mass is 10.2. The van der Waals surface area contributed by atoms with Crippen LogP contribution in [0.3, 0.4) is 0 Å². The summed E-state index contributed by atoms with van der Waals surface area (Å²) in [7, 11) is 1.55. The van der Waals surface area contributed by atoms with E-state index in [9.17, 15) is 4.79 Å². The number of methoxy groups -OCH3 is 1. The van der Waals surface area contributed by atoms with Crippen LogP contribution in [0.1, 0.15) is 6.42 Å². The third-order valence-corrected chi connectivity index (χ3v) is 1.40. The van der Waals surface area contributed by atoms with Crippen LogP contribution in [-0.4, -0.2) is 42.5 Å². The van der Waals surface area contributed by atoms with E-state index in [4.69, 9.17) is 14.9 Å². The maximum atomic E-state index is 10.1. The van der Waals surface area contributed by atoms with Crippen LogP contribution in [0, 0.1) is 0 Å². The number of ether oxygens (including phenoxy) is 1. The van der Waals surface area contributed by atoms with E-state index in [-0.39, 0.29) is 12.6 Å². The molecular formula is C8H15NO4. The highest BCUT2D eigenvalue weighted by Crippen LogP contribution is 1.91. The number of nitrogens with one attached hydrogen (secondary N) is 1. The maximum absolute atomic E-state index is 10.1. The van der Waals surface area contributed by atoms with E-state index in [2.05, 4.69) is 5.32 Å². The molecule has 0 heterocycles. The Kier molecular flexibility index (Phi) is 6.95. The summed E-state index contributed by atoms with van der Waals surface area (Å²) in [4.78, 5) is 10.1. The lowest BCUT2D eigenvalue weighted by molar-refractivity contribution is -0.131. The second-order valence-corrected chi connectivity index (χ2v) is 2.50. The van der Waals surface area contributed by atoms with Crippen molar-refractivity contribution in [3.05, 3.63) is 12.3 Å². The normalized spacial score (nSPS) is 13.1. The topological polar surface area (TPSA) is 78.8 Å². The Morgan fingerprint density at radius 2 is 2.38 bits per heavy atom. The minimum Gasteiger partial charge on any atom is -0.478 e. The van der Waals surface area contributed by atoms with Crippen molar-refractivity contribution in [2.75, 3.05) is 20.3 Å². The molecule has 0 aliphatic carbocycles. The largest absolute Gasteiger partial charge is 0.478 e. The van der Waals surface area contributed by atoms with Gasteiger partial charge in [-0.05, 0) is 6.42 Å². The number of hydrogen-bond acceptors (Lipinski definition) is 4. The average Bonchev–Trinajstić information content (AvgIpc) is 2.04. The highest BCUT2D eigenvalue weighted by Gasteiger charge is 2.03. The first kappa shape index (κ1) is 11.9. The van der Waals surface area contributed by atoms with Gasteiger partial charge in [0, 0.05) is 26.0 Å². The van der Waals surface area contributed by atoms with Crippen molar-refractivity contribution in [3.63, 3.8) is 0 Å². The minimum atomic E-state index is -1.01. The molecule has 0 aliphatic heterocycles. The van der Waals surface area contributed by atoms with Gasteiger partial charge in [0.1, 0.15) is 0 Å². The first-order valence-corrected chi connectivity index (χ1v) is 3.96. The minimum absolute atomic E-state index is 0.0436. The van der Waals surface area contributed by atoms with E-state index in [1.165, 1.54) is 6.20 Å². The van der Waals surface area contributed by atoms with Crippen LogP contribution in [0.25, 0.3) is 0 Å². The molecule has 0 spiro atoms. The zero-order chi connectivity index (χ0) is 10.1. The van der Waals surface area contributed by atoms with Crippen LogP contribution in [0.2, 0.25) is 0 Å². The van der Waals surface area contributed by atoms with Crippen molar-refractivity contribution in [3.8, 4) is 0 Å². The number of rotatable bonds is 7. The number of carboxylic acid groups (broad SMARTS) is 1. The van der Waals surface area contributed by atoms with E-state index in [0.29, 0.717) is 13.0 Å². The van der Waals surface area contributed by atoms with Gasteiger partial charge in [0.25, 0.3) is 0 Å². The highest BCUT2D eigenvalue weighted by atomic mass is 16.5. The second kappa shape index (κ2) is 7.57. The van der Waals surface area contributed by atoms with E-state index < -0.39 is 5.97 Å². The smallest absolute Gasteiger partial charge is 0.329 e. The molecule has 0 saturated carbocycles. The summed E-state index contributed by atoms with van der Waals surface area (Å²) in [6.45, 7) is 0.479. The van der Waals surface area contributed by atoms with Gasteiger partial charge in [-0.25, -0.2) is 4.79 Å². The Balaban J connectivity index is 3.73. The third kappa shape index (κ3) is 7.30. The number of aliphatic hydroxyl groups excluding tert-OH is 1. The molecule has 5 nitrogen and oxygen atoms in total. The average molecular weight is 189 g/mol. The summed E-state index contributed by atoms with van der Waals surface area (Å²) in [6, 6.07) is -0.0504. The fraction of sp³-hybridized carbons (Fsp3) is 0.625. The lowest BCUT2D eigenvalue weighted by Gasteiger charge is -2.14. The Hall–Kier alpha value is -1.07. The van der Waals surface area contributed by atoms with Gasteiger partial charge >= 0.3 is 5.97 Å². The van der Waals surface area contributed by atoms with Crippen molar-refractivity contribution < 1.29 is 19.7 Å². The van der Waals surface area contributed by atoms with Crippen molar-refractivity contribution in [2.24, 2.45) is 0 Å². The SMILES string of the molecule is COCC(CCO)N/C=C/C(=O)O. The summed E-state index contributed by atoms with van der Waals surface area (Å²) in [5.41, 5.74) is 0. The standard InChI is InChI=1S/C8H15NO4/c1-13-6-7(3-5-10)9-4-2-8(11)12/h2,4,7,9-10H,3,5-6H2,1H3,(H,11,12)/b4-2+. The van der Waals surface area contributed by atoms with Gasteiger partial charge in [-0.1, -0.05) is 0 Å². The third-order valence-electron chi connectivity index (χ3n) is 1.40. The molecule has 13 heavy (non-hydrogen) atoms. The molecule has 76 valence electrons. The van der Waals surface area contributed by atoms with Crippen LogP contribution in [-0.2, 0) is 9.53 Å². The van der Waals surface area contributed by atoms with Gasteiger partial charge in [-0.2, -0.15) is 0 Å². The summed E-state index contributed by atoms with van der Waals surface area (Å²) in [6.07, 6.45) is 2.86. The van der Waals surface area contributed by atoms with Gasteiger partial charge in [0.15, 0.2) is 0 Å². The fourth-order valence-electron chi connectivity index (χ4n) is 0.827. The summed E-state index contributed by atoms with van der Waals surface area (Å²) >= 11 is 0. The van der Waals surface area contributed by atoms with Gasteiger partial charge in [-0.15, -0.1) is 0 Å². The van der Waals surface area contributed by atoms with Crippen molar-refractivity contribution >= 4 is 5.97 Å². The van der Waals surface area contributed by atoms with Crippen LogP contribution in [0.5, 0.6) is 0 Å². The van der Waals surface area contributed by atoms with Crippen LogP contribution >= 0.6 is 0 Å². The number of hydrogen-bond donors (Lipinski definition) is 3. The number of carboxylic acids is 1. The Morgan fingerprint density at radius 3 is 2.85 bits per heavy atom. The molecule has 0 fully saturated rings. The van der Waals surface area contributed by atoms with Gasteiger partial charge in [0.2, 0.25) is 0 Å². The molecule has 0 radical (unpaired) electrons. The molecule has 0 bridgehead atoms. The molecule has 1 atom stereocenters. The molecule has 0 aromatic heterocycles. The molecule has 5 heteroatoms. The Labute approximate surface area is 77.0 Å². The van der Waals surface area contributed by atoms with Crippen molar-refractivity contribution in [2.45, 2.75) is 12.5 Å². The molecule has 0 aromatic rings. The molecule has 0 rings (SSSR count). The quantitative estimate of drug-likeness (QED) is 0.474. The monoisotopic (exact) mass is 189 g/mol. The predicted octanol–water partition coefficient (Wildman–Crippen LogP) is -0.428. The molecule has 1 unspecified atom stereocenters. The first-order chi connectivity index (χ1) is 6.20. The van der Waals surface area contributed by atoms with E-state index >= 15 is 0 Å². The van der Waals surface area contributed by atoms with E-state index in [1.54, 1.807) is 7.11 Å². The van der Waals surface area contributed by atoms with E-state index in [1.807, 2.05) is 0 Å². The summed E-state index contributed by atoms with van der Waals surface area (Å²) in [5, 5.41) is 19.7. The summed E-state index contributed by atoms with van der Waals surface area (Å²) in [5.74, 6) is -1.01. The predicted molar refractivity (Wildman–Crippen MR) is 47.3 cm³/mol. The highest BCUT2D eigenvalue weighted by molar-refractivity contribution is 5.79. The number of aliphatic carboxylic acids is 1. The van der Waals surface area contributed by atoms with Crippen molar-refractivity contribution in [1.82, 2.24) is 5.32 Å². The van der Waals surface area contributed by atoms with Crippen molar-refractivity contribution in [1.29, 1.82) is 0 Å². The molecule has 0 saturated heterocycles. The first-order valence-electron chi connectivity index (χ1n) is 3.96. The molecule has 3 N–H and O–H groups in total. The number of carbonyl (C=O) groups is 1. The molecular weight excluding hydrogens is 174 g/mol. The molecule has 0 aromatic carbocycles. The second-order valence-electron chi connectivity index (χ2n) is 2.50. The Bertz CT molecular complexity index is 164. The van der Waals surface area contributed by atoms with Crippen LogP contribution in [0.4, 0.5) is 0 Å². The molecule has 0 amide bonds. The van der Waals surface area contributed by atoms with Gasteiger partial charge < -0.3 is 20.3 Å². The van der Waals surface area contributed by atoms with Crippen LogP contribution in [0.15, 0.2) is 12.3 Å². The van der Waals surface area contributed by atoms with E-state index in [0.717, 1.165) is 6.08 Å². The zero-order valence-electron chi connectivity index (χ0n) is 7.56. The maximum Gasteiger partial charge on any atom is 0.329 e. The zero-order valence-corrected chi connectivity index (χ0v) is 7.56. The number of aliphatic hydroxyl groups is 1. The Morgan fingerprint density at radius 1 is 1.69 bits per heavy atom. The fourth-order valence-corrected chi connectivity index (χ4v) is 0.827. The van der Waals surface area contributed by atoms with Gasteiger partial charge in [-0.3, -0.25) is 0 Å². The lowest BCUT2D eigenvalue weighted by Crippen LogP contribution is -2.30. The molecule has 0 aliphatic rings. The summed E-state index contributed by atoms with van der Waals surface area (Å²) < 4.78 is 4.86.